The van der Waals surface area contributed by atoms with E-state index in [1.165, 1.54) is 12.3 Å². The SMILES string of the molecule is O=C(OCc1ccccc1)c1cccn1Cc1ccnc(F)c1. The number of carbonyl (C=O) groups is 1. The Kier molecular flexibility index (Phi) is 4.47. The Bertz CT molecular complexity index is 800. The van der Waals surface area contributed by atoms with Gasteiger partial charge < -0.3 is 9.30 Å². The zero-order valence-corrected chi connectivity index (χ0v) is 12.4. The Morgan fingerprint density at radius 3 is 2.70 bits per heavy atom. The van der Waals surface area contributed by atoms with E-state index in [1.807, 2.05) is 30.3 Å². The molecule has 2 aromatic heterocycles. The van der Waals surface area contributed by atoms with Gasteiger partial charge in [0.15, 0.2) is 0 Å². The summed E-state index contributed by atoms with van der Waals surface area (Å²) < 4.78 is 20.2. The first kappa shape index (κ1) is 15.0. The van der Waals surface area contributed by atoms with Crippen molar-refractivity contribution in [1.29, 1.82) is 0 Å². The van der Waals surface area contributed by atoms with Gasteiger partial charge in [0.25, 0.3) is 0 Å². The van der Waals surface area contributed by atoms with E-state index < -0.39 is 11.9 Å². The molecular formula is C18H15FN2O2. The van der Waals surface area contributed by atoms with E-state index in [4.69, 9.17) is 4.74 Å². The lowest BCUT2D eigenvalue weighted by molar-refractivity contribution is 0.0460. The molecule has 0 aliphatic rings. The molecule has 0 bridgehead atoms. The third-order valence-electron chi connectivity index (χ3n) is 3.40. The molecule has 0 unspecified atom stereocenters. The van der Waals surface area contributed by atoms with Crippen LogP contribution in [0.1, 0.15) is 21.6 Å². The second-order valence-corrected chi connectivity index (χ2v) is 5.07. The molecule has 0 amide bonds. The van der Waals surface area contributed by atoms with Gasteiger partial charge in [0.2, 0.25) is 5.95 Å². The highest BCUT2D eigenvalue weighted by Gasteiger charge is 2.13. The number of aromatic nitrogens is 2. The van der Waals surface area contributed by atoms with Crippen molar-refractivity contribution in [3.05, 3.63) is 89.8 Å². The van der Waals surface area contributed by atoms with Crippen LogP contribution >= 0.6 is 0 Å². The fourth-order valence-electron chi connectivity index (χ4n) is 2.27. The van der Waals surface area contributed by atoms with Gasteiger partial charge in [-0.3, -0.25) is 0 Å². The van der Waals surface area contributed by atoms with Crippen LogP contribution in [0.25, 0.3) is 0 Å². The van der Waals surface area contributed by atoms with Gasteiger partial charge in [-0.25, -0.2) is 9.78 Å². The summed E-state index contributed by atoms with van der Waals surface area (Å²) in [7, 11) is 0. The van der Waals surface area contributed by atoms with E-state index in [2.05, 4.69) is 4.98 Å². The van der Waals surface area contributed by atoms with E-state index >= 15 is 0 Å². The molecule has 5 heteroatoms. The molecule has 4 nitrogen and oxygen atoms in total. The smallest absolute Gasteiger partial charge is 0.355 e. The number of hydrogen-bond acceptors (Lipinski definition) is 3. The molecule has 0 aliphatic heterocycles. The molecule has 0 saturated heterocycles. The fraction of sp³-hybridized carbons (Fsp3) is 0.111. The Balaban J connectivity index is 1.69. The first-order valence-corrected chi connectivity index (χ1v) is 7.19. The minimum Gasteiger partial charge on any atom is -0.456 e. The predicted octanol–water partition coefficient (Wildman–Crippen LogP) is 3.43. The summed E-state index contributed by atoms with van der Waals surface area (Å²) in [5.41, 5.74) is 2.08. The van der Waals surface area contributed by atoms with Crippen LogP contribution in [0, 0.1) is 5.95 Å². The van der Waals surface area contributed by atoms with Crippen LogP contribution in [-0.2, 0) is 17.9 Å². The van der Waals surface area contributed by atoms with Crippen LogP contribution in [0.15, 0.2) is 67.0 Å². The zero-order valence-electron chi connectivity index (χ0n) is 12.4. The summed E-state index contributed by atoms with van der Waals surface area (Å²) in [4.78, 5) is 15.7. The molecule has 3 aromatic rings. The third kappa shape index (κ3) is 3.83. The minimum atomic E-state index is -0.539. The summed E-state index contributed by atoms with van der Waals surface area (Å²) in [6.07, 6.45) is 3.17. The highest BCUT2D eigenvalue weighted by Crippen LogP contribution is 2.11. The van der Waals surface area contributed by atoms with Crippen LogP contribution < -0.4 is 0 Å². The number of esters is 1. The maximum absolute atomic E-state index is 13.2. The maximum Gasteiger partial charge on any atom is 0.355 e. The number of nitrogens with zero attached hydrogens (tertiary/aromatic N) is 2. The zero-order chi connectivity index (χ0) is 16.1. The molecule has 116 valence electrons. The molecule has 0 N–H and O–H groups in total. The van der Waals surface area contributed by atoms with Gasteiger partial charge in [-0.1, -0.05) is 30.3 Å². The molecule has 0 aliphatic carbocycles. The van der Waals surface area contributed by atoms with E-state index in [9.17, 15) is 9.18 Å². The van der Waals surface area contributed by atoms with Crippen LogP contribution in [-0.4, -0.2) is 15.5 Å². The number of halogens is 1. The number of rotatable bonds is 5. The van der Waals surface area contributed by atoms with E-state index in [1.54, 1.807) is 29.0 Å². The van der Waals surface area contributed by atoms with Crippen LogP contribution in [0.2, 0.25) is 0 Å². The molecule has 0 saturated carbocycles. The molecule has 0 spiro atoms. The minimum absolute atomic E-state index is 0.217. The Labute approximate surface area is 133 Å². The van der Waals surface area contributed by atoms with Crippen LogP contribution in [0.5, 0.6) is 0 Å². The van der Waals surface area contributed by atoms with Crippen molar-refractivity contribution in [3.63, 3.8) is 0 Å². The van der Waals surface area contributed by atoms with Crippen molar-refractivity contribution in [2.45, 2.75) is 13.2 Å². The van der Waals surface area contributed by atoms with Gasteiger partial charge in [0.05, 0.1) is 0 Å². The highest BCUT2D eigenvalue weighted by atomic mass is 19.1. The van der Waals surface area contributed by atoms with E-state index in [-0.39, 0.29) is 6.61 Å². The topological polar surface area (TPSA) is 44.1 Å². The predicted molar refractivity (Wildman–Crippen MR) is 83.3 cm³/mol. The molecule has 23 heavy (non-hydrogen) atoms. The number of benzene rings is 1. The van der Waals surface area contributed by atoms with Crippen molar-refractivity contribution < 1.29 is 13.9 Å². The maximum atomic E-state index is 13.2. The highest BCUT2D eigenvalue weighted by molar-refractivity contribution is 5.87. The Morgan fingerprint density at radius 1 is 1.09 bits per heavy atom. The van der Waals surface area contributed by atoms with Gasteiger partial charge >= 0.3 is 5.97 Å². The largest absolute Gasteiger partial charge is 0.456 e. The van der Waals surface area contributed by atoms with E-state index in [0.717, 1.165) is 11.1 Å². The van der Waals surface area contributed by atoms with Gasteiger partial charge in [0.1, 0.15) is 12.3 Å². The second kappa shape index (κ2) is 6.87. The van der Waals surface area contributed by atoms with Crippen LogP contribution in [0.4, 0.5) is 4.39 Å². The quantitative estimate of drug-likeness (QED) is 0.536. The monoisotopic (exact) mass is 310 g/mol. The van der Waals surface area contributed by atoms with Crippen molar-refractivity contribution >= 4 is 5.97 Å². The lowest BCUT2D eigenvalue weighted by Gasteiger charge is -2.09. The number of ether oxygens (including phenoxy) is 1. The average Bonchev–Trinajstić information content (AvgIpc) is 3.02. The molecular weight excluding hydrogens is 295 g/mol. The summed E-state index contributed by atoms with van der Waals surface area (Å²) >= 11 is 0. The van der Waals surface area contributed by atoms with Crippen molar-refractivity contribution in [2.24, 2.45) is 0 Å². The average molecular weight is 310 g/mol. The number of pyridine rings is 1. The van der Waals surface area contributed by atoms with Gasteiger partial charge in [-0.2, -0.15) is 4.39 Å². The van der Waals surface area contributed by atoms with Gasteiger partial charge in [-0.05, 0) is 35.4 Å². The fourth-order valence-corrected chi connectivity index (χ4v) is 2.27. The summed E-state index contributed by atoms with van der Waals surface area (Å²) in [5.74, 6) is -0.948. The van der Waals surface area contributed by atoms with E-state index in [0.29, 0.717) is 12.2 Å². The van der Waals surface area contributed by atoms with Crippen molar-refractivity contribution in [1.82, 2.24) is 9.55 Å². The first-order chi connectivity index (χ1) is 11.2. The Hall–Kier alpha value is -2.95. The third-order valence-corrected chi connectivity index (χ3v) is 3.40. The normalized spacial score (nSPS) is 10.5. The molecule has 2 heterocycles. The van der Waals surface area contributed by atoms with Gasteiger partial charge in [0, 0.05) is 18.9 Å². The molecule has 0 fully saturated rings. The standard InChI is InChI=1S/C18H15FN2O2/c19-17-11-15(8-9-20-17)12-21-10-4-7-16(21)18(22)23-13-14-5-2-1-3-6-14/h1-11H,12-13H2. The lowest BCUT2D eigenvalue weighted by Crippen LogP contribution is -2.12. The molecule has 0 radical (unpaired) electrons. The van der Waals surface area contributed by atoms with Crippen molar-refractivity contribution in [2.75, 3.05) is 0 Å². The molecule has 3 rings (SSSR count). The first-order valence-electron chi connectivity index (χ1n) is 7.19. The second-order valence-electron chi connectivity index (χ2n) is 5.07. The summed E-state index contributed by atoms with van der Waals surface area (Å²) in [6.45, 7) is 0.594. The van der Waals surface area contributed by atoms with Crippen LogP contribution in [0.3, 0.4) is 0 Å². The van der Waals surface area contributed by atoms with Gasteiger partial charge in [-0.15, -0.1) is 0 Å². The number of carbonyl (C=O) groups excluding carboxylic acids is 1. The molecule has 0 atom stereocenters. The summed E-state index contributed by atoms with van der Waals surface area (Å²) in [5, 5.41) is 0. The van der Waals surface area contributed by atoms with Crippen molar-refractivity contribution in [3.8, 4) is 0 Å². The lowest BCUT2D eigenvalue weighted by atomic mass is 10.2. The summed E-state index contributed by atoms with van der Waals surface area (Å²) in [6, 6.07) is 16.0. The number of hydrogen-bond donors (Lipinski definition) is 0. The molecule has 1 aromatic carbocycles. The Morgan fingerprint density at radius 2 is 1.91 bits per heavy atom.